The number of aromatic nitrogens is 1. The van der Waals surface area contributed by atoms with Gasteiger partial charge in [0, 0.05) is 16.6 Å². The molecule has 0 spiro atoms. The molecule has 0 fully saturated rings. The molecule has 0 aliphatic carbocycles. The van der Waals surface area contributed by atoms with Gasteiger partial charge in [0.05, 0.1) is 10.0 Å². The molecule has 0 saturated heterocycles. The van der Waals surface area contributed by atoms with Gasteiger partial charge in [-0.2, -0.15) is 0 Å². The topological polar surface area (TPSA) is 77.5 Å². The maximum atomic E-state index is 11.9. The Labute approximate surface area is 168 Å². The summed E-state index contributed by atoms with van der Waals surface area (Å²) in [6, 6.07) is 5.15. The molecule has 1 aromatic carbocycles. The van der Waals surface area contributed by atoms with Crippen molar-refractivity contribution in [2.24, 2.45) is 0 Å². The van der Waals surface area contributed by atoms with Gasteiger partial charge >= 0.3 is 5.97 Å². The van der Waals surface area contributed by atoms with Crippen molar-refractivity contribution in [2.75, 3.05) is 13.2 Å². The Hall–Kier alpha value is -2.05. The number of pyridine rings is 1. The first kappa shape index (κ1) is 21.3. The van der Waals surface area contributed by atoms with Gasteiger partial charge in [0.1, 0.15) is 5.52 Å². The summed E-state index contributed by atoms with van der Waals surface area (Å²) in [5.41, 5.74) is 0.852. The lowest BCUT2D eigenvalue weighted by Crippen LogP contribution is -2.44. The van der Waals surface area contributed by atoms with E-state index in [1.807, 2.05) is 33.8 Å². The number of aryl methyl sites for hydroxylation is 1. The molecule has 6 nitrogen and oxygen atoms in total. The average molecular weight is 413 g/mol. The van der Waals surface area contributed by atoms with E-state index in [2.05, 4.69) is 10.3 Å². The van der Waals surface area contributed by atoms with Crippen LogP contribution in [0.15, 0.2) is 18.2 Å². The second kappa shape index (κ2) is 8.76. The predicted octanol–water partition coefficient (Wildman–Crippen LogP) is 4.08. The maximum Gasteiger partial charge on any atom is 0.344 e. The number of amides is 1. The van der Waals surface area contributed by atoms with Crippen LogP contribution < -0.4 is 10.1 Å². The van der Waals surface area contributed by atoms with Gasteiger partial charge in [-0.1, -0.05) is 30.1 Å². The monoisotopic (exact) mass is 412 g/mol. The lowest BCUT2D eigenvalue weighted by atomic mass is 10.0. The van der Waals surface area contributed by atoms with Gasteiger partial charge in [0.15, 0.2) is 19.0 Å². The van der Waals surface area contributed by atoms with Gasteiger partial charge in [-0.25, -0.2) is 9.78 Å². The summed E-state index contributed by atoms with van der Waals surface area (Å²) in [6.07, 6.45) is 0.754. The van der Waals surface area contributed by atoms with Crippen molar-refractivity contribution in [1.29, 1.82) is 0 Å². The van der Waals surface area contributed by atoms with Crippen LogP contribution in [-0.2, 0) is 14.3 Å². The van der Waals surface area contributed by atoms with E-state index >= 15 is 0 Å². The highest BCUT2D eigenvalue weighted by Crippen LogP contribution is 2.37. The third kappa shape index (κ3) is 5.71. The van der Waals surface area contributed by atoms with Gasteiger partial charge in [-0.3, -0.25) is 4.79 Å². The molecule has 1 heterocycles. The molecule has 2 rings (SSSR count). The normalized spacial score (nSPS) is 11.3. The van der Waals surface area contributed by atoms with Crippen molar-refractivity contribution < 1.29 is 19.1 Å². The number of carbonyl (C=O) groups is 2. The van der Waals surface area contributed by atoms with Crippen LogP contribution in [0.2, 0.25) is 10.0 Å². The van der Waals surface area contributed by atoms with Crippen molar-refractivity contribution in [3.8, 4) is 5.75 Å². The molecular formula is C19H22Cl2N2O4. The molecule has 0 aliphatic rings. The Morgan fingerprint density at radius 1 is 1.19 bits per heavy atom. The standard InChI is InChI=1S/C19H22Cl2N2O4/c1-5-19(3,4)23-15(24)9-26-16(25)10-27-18-14(21)8-13(20)12-7-6-11(2)22-17(12)18/h6-8H,5,9-10H2,1-4H3,(H,23,24). The number of rotatable bonds is 7. The molecule has 0 radical (unpaired) electrons. The number of halogens is 2. The zero-order valence-corrected chi connectivity index (χ0v) is 17.2. The van der Waals surface area contributed by atoms with E-state index < -0.39 is 12.6 Å². The van der Waals surface area contributed by atoms with Gasteiger partial charge in [0.2, 0.25) is 0 Å². The quantitative estimate of drug-likeness (QED) is 0.693. The number of nitrogens with one attached hydrogen (secondary N) is 1. The second-order valence-corrected chi connectivity index (χ2v) is 7.57. The van der Waals surface area contributed by atoms with E-state index in [1.54, 1.807) is 6.07 Å². The minimum Gasteiger partial charge on any atom is -0.478 e. The Morgan fingerprint density at radius 2 is 1.89 bits per heavy atom. The second-order valence-electron chi connectivity index (χ2n) is 6.75. The first-order valence-corrected chi connectivity index (χ1v) is 9.23. The maximum absolute atomic E-state index is 11.9. The Bertz CT molecular complexity index is 868. The SMILES string of the molecule is CCC(C)(C)NC(=O)COC(=O)COc1c(Cl)cc(Cl)c2ccc(C)nc12. The van der Waals surface area contributed by atoms with Crippen LogP contribution in [0.1, 0.15) is 32.9 Å². The number of hydrogen-bond donors (Lipinski definition) is 1. The van der Waals surface area contributed by atoms with Crippen LogP contribution >= 0.6 is 23.2 Å². The van der Waals surface area contributed by atoms with Gasteiger partial charge in [-0.15, -0.1) is 0 Å². The van der Waals surface area contributed by atoms with E-state index in [0.717, 1.165) is 12.1 Å². The highest BCUT2D eigenvalue weighted by atomic mass is 35.5. The van der Waals surface area contributed by atoms with Crippen molar-refractivity contribution in [3.63, 3.8) is 0 Å². The lowest BCUT2D eigenvalue weighted by Gasteiger charge is -2.24. The minimum atomic E-state index is -0.689. The summed E-state index contributed by atoms with van der Waals surface area (Å²) in [5.74, 6) is -0.818. The molecular weight excluding hydrogens is 391 g/mol. The third-order valence-electron chi connectivity index (χ3n) is 4.04. The zero-order valence-electron chi connectivity index (χ0n) is 15.7. The van der Waals surface area contributed by atoms with Gasteiger partial charge in [0.25, 0.3) is 5.91 Å². The lowest BCUT2D eigenvalue weighted by molar-refractivity contribution is -0.150. The van der Waals surface area contributed by atoms with E-state index in [0.29, 0.717) is 15.9 Å². The molecule has 0 aliphatic heterocycles. The number of fused-ring (bicyclic) bond motifs is 1. The van der Waals surface area contributed by atoms with Crippen LogP contribution in [0, 0.1) is 6.92 Å². The van der Waals surface area contributed by atoms with Crippen molar-refractivity contribution in [1.82, 2.24) is 10.3 Å². The fraction of sp³-hybridized carbons (Fsp3) is 0.421. The van der Waals surface area contributed by atoms with Crippen LogP contribution in [0.3, 0.4) is 0 Å². The molecule has 1 amide bonds. The molecule has 1 N–H and O–H groups in total. The highest BCUT2D eigenvalue weighted by Gasteiger charge is 2.19. The number of ether oxygens (including phenoxy) is 2. The van der Waals surface area contributed by atoms with Crippen molar-refractivity contribution in [2.45, 2.75) is 39.7 Å². The van der Waals surface area contributed by atoms with Crippen LogP contribution in [0.4, 0.5) is 0 Å². The van der Waals surface area contributed by atoms with E-state index in [-0.39, 0.29) is 28.8 Å². The fourth-order valence-electron chi connectivity index (χ4n) is 2.25. The van der Waals surface area contributed by atoms with Crippen LogP contribution in [-0.4, -0.2) is 35.6 Å². The predicted molar refractivity (Wildman–Crippen MR) is 105 cm³/mol. The third-order valence-corrected chi connectivity index (χ3v) is 4.63. The molecule has 146 valence electrons. The molecule has 2 aromatic rings. The number of hydrogen-bond acceptors (Lipinski definition) is 5. The summed E-state index contributed by atoms with van der Waals surface area (Å²) >= 11 is 12.4. The molecule has 27 heavy (non-hydrogen) atoms. The van der Waals surface area contributed by atoms with Crippen LogP contribution in [0.5, 0.6) is 5.75 Å². The first-order valence-electron chi connectivity index (χ1n) is 8.47. The highest BCUT2D eigenvalue weighted by molar-refractivity contribution is 6.39. The van der Waals surface area contributed by atoms with Crippen LogP contribution in [0.25, 0.3) is 10.9 Å². The number of esters is 1. The average Bonchev–Trinajstić information content (AvgIpc) is 2.59. The molecule has 0 saturated carbocycles. The van der Waals surface area contributed by atoms with E-state index in [4.69, 9.17) is 32.7 Å². The summed E-state index contributed by atoms with van der Waals surface area (Å²) in [7, 11) is 0. The zero-order chi connectivity index (χ0) is 20.2. The minimum absolute atomic E-state index is 0.237. The number of benzene rings is 1. The number of nitrogens with zero attached hydrogens (tertiary/aromatic N) is 1. The van der Waals surface area contributed by atoms with Gasteiger partial charge in [-0.05, 0) is 45.4 Å². The smallest absolute Gasteiger partial charge is 0.344 e. The molecule has 0 atom stereocenters. The van der Waals surface area contributed by atoms with Crippen molar-refractivity contribution in [3.05, 3.63) is 33.9 Å². The molecule has 0 bridgehead atoms. The Morgan fingerprint density at radius 3 is 2.56 bits per heavy atom. The number of carbonyl (C=O) groups excluding carboxylic acids is 2. The van der Waals surface area contributed by atoms with Crippen molar-refractivity contribution >= 4 is 46.0 Å². The van der Waals surface area contributed by atoms with E-state index in [9.17, 15) is 9.59 Å². The fourth-order valence-corrected chi connectivity index (χ4v) is 2.82. The Balaban J connectivity index is 2.01. The largest absolute Gasteiger partial charge is 0.478 e. The Kier molecular flexibility index (Phi) is 6.89. The summed E-state index contributed by atoms with van der Waals surface area (Å²) < 4.78 is 10.5. The first-order chi connectivity index (χ1) is 12.6. The van der Waals surface area contributed by atoms with Gasteiger partial charge < -0.3 is 14.8 Å². The molecule has 8 heteroatoms. The summed E-state index contributed by atoms with van der Waals surface area (Å²) in [6.45, 7) is 6.77. The summed E-state index contributed by atoms with van der Waals surface area (Å²) in [5, 5.41) is 4.12. The molecule has 1 aromatic heterocycles. The molecule has 0 unspecified atom stereocenters. The summed E-state index contributed by atoms with van der Waals surface area (Å²) in [4.78, 5) is 28.1. The van der Waals surface area contributed by atoms with E-state index in [1.165, 1.54) is 6.07 Å².